The third-order valence-corrected chi connectivity index (χ3v) is 3.34. The summed E-state index contributed by atoms with van der Waals surface area (Å²) in [6.07, 6.45) is 1.76. The molecule has 1 aromatic carbocycles. The van der Waals surface area contributed by atoms with Crippen molar-refractivity contribution >= 4 is 5.91 Å². The van der Waals surface area contributed by atoms with Gasteiger partial charge in [0.2, 0.25) is 0 Å². The highest BCUT2D eigenvalue weighted by Gasteiger charge is 2.21. The topological polar surface area (TPSA) is 20.3 Å². The Morgan fingerprint density at radius 1 is 1.15 bits per heavy atom. The highest BCUT2D eigenvalue weighted by Crippen LogP contribution is 2.24. The van der Waals surface area contributed by atoms with E-state index in [4.69, 9.17) is 0 Å². The van der Waals surface area contributed by atoms with Crippen LogP contribution >= 0.6 is 0 Å². The van der Waals surface area contributed by atoms with Gasteiger partial charge in [0, 0.05) is 13.1 Å². The van der Waals surface area contributed by atoms with E-state index in [9.17, 15) is 9.18 Å². The van der Waals surface area contributed by atoms with E-state index in [-0.39, 0.29) is 16.9 Å². The lowest BCUT2D eigenvalue weighted by atomic mass is 9.86. The first-order valence-electron chi connectivity index (χ1n) is 7.40. The lowest BCUT2D eigenvalue weighted by Crippen LogP contribution is -2.33. The van der Waals surface area contributed by atoms with Crippen molar-refractivity contribution in [1.82, 2.24) is 4.90 Å². The van der Waals surface area contributed by atoms with Gasteiger partial charge in [0.1, 0.15) is 5.82 Å². The third-order valence-electron chi connectivity index (χ3n) is 3.34. The standard InChI is InChI=1S/C17H26FNO/c1-6-10-19(11-7-2)16(20)14-9-8-13(12-15(14)18)17(3,4)5/h8-9,12H,6-7,10-11H2,1-5H3. The number of carbonyl (C=O) groups is 1. The SMILES string of the molecule is CCCN(CCC)C(=O)c1ccc(C(C)(C)C)cc1F. The zero-order chi connectivity index (χ0) is 15.3. The summed E-state index contributed by atoms with van der Waals surface area (Å²) in [5, 5.41) is 0. The van der Waals surface area contributed by atoms with E-state index in [1.807, 2.05) is 40.7 Å². The quantitative estimate of drug-likeness (QED) is 0.783. The normalized spacial score (nSPS) is 11.5. The molecule has 0 saturated heterocycles. The number of hydrogen-bond acceptors (Lipinski definition) is 1. The fraction of sp³-hybridized carbons (Fsp3) is 0.588. The molecule has 0 saturated carbocycles. The van der Waals surface area contributed by atoms with Gasteiger partial charge in [-0.2, -0.15) is 0 Å². The largest absolute Gasteiger partial charge is 0.339 e. The van der Waals surface area contributed by atoms with Crippen LogP contribution < -0.4 is 0 Å². The van der Waals surface area contributed by atoms with Crippen molar-refractivity contribution in [1.29, 1.82) is 0 Å². The minimum Gasteiger partial charge on any atom is -0.339 e. The van der Waals surface area contributed by atoms with Crippen LogP contribution in [0.4, 0.5) is 4.39 Å². The molecule has 0 aliphatic carbocycles. The van der Waals surface area contributed by atoms with Crippen molar-refractivity contribution in [3.05, 3.63) is 35.1 Å². The summed E-state index contributed by atoms with van der Waals surface area (Å²) < 4.78 is 14.2. The van der Waals surface area contributed by atoms with E-state index < -0.39 is 5.82 Å². The predicted molar refractivity (Wildman–Crippen MR) is 81.6 cm³/mol. The molecule has 112 valence electrons. The van der Waals surface area contributed by atoms with Crippen LogP contribution in [-0.4, -0.2) is 23.9 Å². The highest BCUT2D eigenvalue weighted by molar-refractivity contribution is 5.94. The van der Waals surface area contributed by atoms with Crippen LogP contribution in [0.15, 0.2) is 18.2 Å². The maximum absolute atomic E-state index is 14.2. The first kappa shape index (κ1) is 16.7. The van der Waals surface area contributed by atoms with Crippen molar-refractivity contribution < 1.29 is 9.18 Å². The van der Waals surface area contributed by atoms with E-state index in [0.717, 1.165) is 18.4 Å². The second kappa shape index (κ2) is 6.87. The Hall–Kier alpha value is -1.38. The Morgan fingerprint density at radius 3 is 2.10 bits per heavy atom. The molecule has 0 aliphatic rings. The monoisotopic (exact) mass is 279 g/mol. The average molecular weight is 279 g/mol. The summed E-state index contributed by atoms with van der Waals surface area (Å²) in [6, 6.07) is 4.96. The van der Waals surface area contributed by atoms with E-state index >= 15 is 0 Å². The third kappa shape index (κ3) is 4.06. The molecule has 0 spiro atoms. The molecule has 0 radical (unpaired) electrons. The van der Waals surface area contributed by atoms with Gasteiger partial charge < -0.3 is 4.90 Å². The molecule has 3 heteroatoms. The minimum absolute atomic E-state index is 0.116. The minimum atomic E-state index is -0.417. The summed E-state index contributed by atoms with van der Waals surface area (Å²) in [4.78, 5) is 14.1. The van der Waals surface area contributed by atoms with Gasteiger partial charge in [0.15, 0.2) is 0 Å². The summed E-state index contributed by atoms with van der Waals surface area (Å²) in [7, 11) is 0. The Bertz CT molecular complexity index is 457. The molecular weight excluding hydrogens is 253 g/mol. The number of carbonyl (C=O) groups excluding carboxylic acids is 1. The zero-order valence-corrected chi connectivity index (χ0v) is 13.3. The number of halogens is 1. The van der Waals surface area contributed by atoms with Crippen LogP contribution in [0, 0.1) is 5.82 Å². The zero-order valence-electron chi connectivity index (χ0n) is 13.3. The Morgan fingerprint density at radius 2 is 1.70 bits per heavy atom. The molecule has 0 unspecified atom stereocenters. The molecule has 0 atom stereocenters. The number of nitrogens with zero attached hydrogens (tertiary/aromatic N) is 1. The molecule has 0 aromatic heterocycles. The number of rotatable bonds is 5. The van der Waals surface area contributed by atoms with E-state index in [1.54, 1.807) is 11.0 Å². The fourth-order valence-electron chi connectivity index (χ4n) is 2.18. The molecule has 0 fully saturated rings. The van der Waals surface area contributed by atoms with Crippen LogP contribution in [-0.2, 0) is 5.41 Å². The van der Waals surface area contributed by atoms with Crippen LogP contribution in [0.25, 0.3) is 0 Å². The molecule has 0 N–H and O–H groups in total. The Kier molecular flexibility index (Phi) is 5.73. The molecule has 2 nitrogen and oxygen atoms in total. The Labute approximate surface area is 122 Å². The van der Waals surface area contributed by atoms with Crippen LogP contribution in [0.3, 0.4) is 0 Å². The molecule has 20 heavy (non-hydrogen) atoms. The number of benzene rings is 1. The molecule has 1 rings (SSSR count). The van der Waals surface area contributed by atoms with Crippen LogP contribution in [0.5, 0.6) is 0 Å². The second-order valence-electron chi connectivity index (χ2n) is 6.24. The first-order valence-corrected chi connectivity index (χ1v) is 7.40. The van der Waals surface area contributed by atoms with Crippen molar-refractivity contribution in [2.45, 2.75) is 52.9 Å². The molecule has 0 aliphatic heterocycles. The van der Waals surface area contributed by atoms with Gasteiger partial charge in [-0.1, -0.05) is 40.7 Å². The molecule has 1 aromatic rings. The van der Waals surface area contributed by atoms with Gasteiger partial charge in [0.05, 0.1) is 5.56 Å². The summed E-state index contributed by atoms with van der Waals surface area (Å²) in [5.74, 6) is -0.619. The maximum atomic E-state index is 14.2. The lowest BCUT2D eigenvalue weighted by Gasteiger charge is -2.23. The van der Waals surface area contributed by atoms with Crippen molar-refractivity contribution in [2.24, 2.45) is 0 Å². The van der Waals surface area contributed by atoms with Gasteiger partial charge in [-0.25, -0.2) is 4.39 Å². The smallest absolute Gasteiger partial charge is 0.256 e. The van der Waals surface area contributed by atoms with E-state index in [0.29, 0.717) is 13.1 Å². The van der Waals surface area contributed by atoms with Crippen molar-refractivity contribution in [2.75, 3.05) is 13.1 Å². The van der Waals surface area contributed by atoms with Gasteiger partial charge in [-0.05, 0) is 36.0 Å². The summed E-state index contributed by atoms with van der Waals surface area (Å²) in [5.41, 5.74) is 0.971. The molecule has 0 bridgehead atoms. The highest BCUT2D eigenvalue weighted by atomic mass is 19.1. The first-order chi connectivity index (χ1) is 9.31. The van der Waals surface area contributed by atoms with E-state index in [1.165, 1.54) is 6.07 Å². The fourth-order valence-corrected chi connectivity index (χ4v) is 2.18. The molecule has 0 heterocycles. The van der Waals surface area contributed by atoms with Crippen LogP contribution in [0.1, 0.15) is 63.4 Å². The predicted octanol–water partition coefficient (Wildman–Crippen LogP) is 4.39. The number of hydrogen-bond donors (Lipinski definition) is 0. The Balaban J connectivity index is 3.04. The van der Waals surface area contributed by atoms with Crippen LogP contribution in [0.2, 0.25) is 0 Å². The van der Waals surface area contributed by atoms with Crippen molar-refractivity contribution in [3.8, 4) is 0 Å². The average Bonchev–Trinajstić information content (AvgIpc) is 2.36. The van der Waals surface area contributed by atoms with Crippen molar-refractivity contribution in [3.63, 3.8) is 0 Å². The van der Waals surface area contributed by atoms with Gasteiger partial charge in [-0.15, -0.1) is 0 Å². The van der Waals surface area contributed by atoms with Gasteiger partial charge in [-0.3, -0.25) is 4.79 Å². The second-order valence-corrected chi connectivity index (χ2v) is 6.24. The number of amides is 1. The van der Waals surface area contributed by atoms with Gasteiger partial charge >= 0.3 is 0 Å². The summed E-state index contributed by atoms with van der Waals surface area (Å²) in [6.45, 7) is 11.5. The maximum Gasteiger partial charge on any atom is 0.256 e. The van der Waals surface area contributed by atoms with E-state index in [2.05, 4.69) is 0 Å². The summed E-state index contributed by atoms with van der Waals surface area (Å²) >= 11 is 0. The molecule has 1 amide bonds. The van der Waals surface area contributed by atoms with Gasteiger partial charge in [0.25, 0.3) is 5.91 Å². The lowest BCUT2D eigenvalue weighted by molar-refractivity contribution is 0.0751. The molecular formula is C17H26FNO.